The summed E-state index contributed by atoms with van der Waals surface area (Å²) in [5, 5.41) is 2.76. The molecule has 1 aliphatic heterocycles. The number of ether oxygens (including phenoxy) is 1. The number of para-hydroxylation sites is 1. The molecular weight excluding hydrogens is 268 g/mol. The third-order valence-corrected chi connectivity index (χ3v) is 3.97. The van der Waals surface area contributed by atoms with Gasteiger partial charge in [-0.15, -0.1) is 0 Å². The molecule has 5 heteroatoms. The van der Waals surface area contributed by atoms with E-state index < -0.39 is 12.1 Å². The van der Waals surface area contributed by atoms with Crippen molar-refractivity contribution in [2.24, 2.45) is 0 Å². The molecule has 0 aromatic heterocycles. The Kier molecular flexibility index (Phi) is 4.83. The summed E-state index contributed by atoms with van der Waals surface area (Å²) in [6.45, 7) is 4.18. The summed E-state index contributed by atoms with van der Waals surface area (Å²) in [5.41, 5.74) is 1.04. The largest absolute Gasteiger partial charge is 0.496 e. The van der Waals surface area contributed by atoms with E-state index in [1.807, 2.05) is 31.2 Å². The minimum absolute atomic E-state index is 0.000465. The van der Waals surface area contributed by atoms with Crippen molar-refractivity contribution in [3.63, 3.8) is 0 Å². The molecule has 0 aliphatic carbocycles. The summed E-state index contributed by atoms with van der Waals surface area (Å²) >= 11 is 0. The van der Waals surface area contributed by atoms with Crippen LogP contribution in [0.2, 0.25) is 0 Å². The van der Waals surface area contributed by atoms with Gasteiger partial charge in [0, 0.05) is 6.54 Å². The summed E-state index contributed by atoms with van der Waals surface area (Å²) in [6, 6.07) is 6.92. The van der Waals surface area contributed by atoms with Crippen molar-refractivity contribution >= 4 is 11.8 Å². The van der Waals surface area contributed by atoms with Crippen LogP contribution >= 0.6 is 0 Å². The predicted octanol–water partition coefficient (Wildman–Crippen LogP) is 1.36. The molecule has 21 heavy (non-hydrogen) atoms. The van der Waals surface area contributed by atoms with E-state index in [9.17, 15) is 9.59 Å². The Hall–Kier alpha value is -2.04. The van der Waals surface area contributed by atoms with Crippen LogP contribution in [0.5, 0.6) is 5.75 Å². The Morgan fingerprint density at radius 2 is 2.00 bits per heavy atom. The number of piperazine rings is 1. The second-order valence-electron chi connectivity index (χ2n) is 5.24. The summed E-state index contributed by atoms with van der Waals surface area (Å²) in [6.07, 6.45) is 1.28. The highest BCUT2D eigenvalue weighted by Crippen LogP contribution is 2.19. The fourth-order valence-electron chi connectivity index (χ4n) is 2.62. The molecule has 1 N–H and O–H groups in total. The Bertz CT molecular complexity index is 530. The van der Waals surface area contributed by atoms with Crippen LogP contribution in [0.25, 0.3) is 0 Å². The van der Waals surface area contributed by atoms with Crippen LogP contribution in [-0.2, 0) is 16.0 Å². The van der Waals surface area contributed by atoms with E-state index in [0.29, 0.717) is 19.4 Å². The molecule has 0 spiro atoms. The molecule has 1 fully saturated rings. The first-order chi connectivity index (χ1) is 10.1. The van der Waals surface area contributed by atoms with Crippen LogP contribution in [0.15, 0.2) is 24.3 Å². The maximum atomic E-state index is 12.4. The van der Waals surface area contributed by atoms with Gasteiger partial charge in [0.25, 0.3) is 0 Å². The Morgan fingerprint density at radius 1 is 1.29 bits per heavy atom. The van der Waals surface area contributed by atoms with Crippen molar-refractivity contribution in [1.29, 1.82) is 0 Å². The highest BCUT2D eigenvalue weighted by molar-refractivity contribution is 5.96. The number of methoxy groups -OCH3 is 1. The topological polar surface area (TPSA) is 58.6 Å². The van der Waals surface area contributed by atoms with E-state index in [2.05, 4.69) is 5.32 Å². The van der Waals surface area contributed by atoms with E-state index in [1.165, 1.54) is 0 Å². The van der Waals surface area contributed by atoms with Crippen LogP contribution in [-0.4, -0.2) is 42.5 Å². The lowest BCUT2D eigenvalue weighted by Gasteiger charge is -2.37. The van der Waals surface area contributed by atoms with E-state index in [1.54, 1.807) is 18.9 Å². The Labute approximate surface area is 125 Å². The molecule has 1 aromatic carbocycles. The molecule has 1 aliphatic rings. The van der Waals surface area contributed by atoms with Gasteiger partial charge in [-0.25, -0.2) is 0 Å². The zero-order valence-electron chi connectivity index (χ0n) is 12.8. The first-order valence-corrected chi connectivity index (χ1v) is 7.31. The van der Waals surface area contributed by atoms with E-state index in [0.717, 1.165) is 11.3 Å². The fraction of sp³-hybridized carbons (Fsp3) is 0.500. The Balaban J connectivity index is 2.10. The quantitative estimate of drug-likeness (QED) is 0.891. The van der Waals surface area contributed by atoms with Crippen molar-refractivity contribution < 1.29 is 14.3 Å². The molecule has 1 aromatic rings. The van der Waals surface area contributed by atoms with Gasteiger partial charge < -0.3 is 15.0 Å². The maximum Gasteiger partial charge on any atom is 0.245 e. The predicted molar refractivity (Wildman–Crippen MR) is 80.1 cm³/mol. The van der Waals surface area contributed by atoms with Crippen molar-refractivity contribution in [3.8, 4) is 5.75 Å². The standard InChI is InChI=1S/C16H22N2O3/c1-4-13-16(20)18(11(2)15(19)17-13)10-9-12-7-5-6-8-14(12)21-3/h5-8,11,13H,4,9-10H2,1-3H3,(H,17,19). The number of carbonyl (C=O) groups excluding carboxylic acids is 2. The first kappa shape index (κ1) is 15.4. The summed E-state index contributed by atoms with van der Waals surface area (Å²) in [4.78, 5) is 26.0. The van der Waals surface area contributed by atoms with Crippen molar-refractivity contribution in [2.75, 3.05) is 13.7 Å². The molecule has 2 atom stereocenters. The summed E-state index contributed by atoms with van der Waals surface area (Å²) in [7, 11) is 1.63. The van der Waals surface area contributed by atoms with Gasteiger partial charge >= 0.3 is 0 Å². The van der Waals surface area contributed by atoms with E-state index in [-0.39, 0.29) is 11.8 Å². The van der Waals surface area contributed by atoms with Gasteiger partial charge in [0.15, 0.2) is 0 Å². The number of benzene rings is 1. The van der Waals surface area contributed by atoms with Gasteiger partial charge in [0.1, 0.15) is 17.8 Å². The minimum atomic E-state index is -0.421. The molecule has 2 unspecified atom stereocenters. The SMILES string of the molecule is CCC1NC(=O)C(C)N(CCc2ccccc2OC)C1=O. The molecule has 1 heterocycles. The van der Waals surface area contributed by atoms with E-state index in [4.69, 9.17) is 4.74 Å². The molecule has 1 saturated heterocycles. The highest BCUT2D eigenvalue weighted by Gasteiger charge is 2.36. The number of rotatable bonds is 5. The fourth-order valence-corrected chi connectivity index (χ4v) is 2.62. The molecule has 0 radical (unpaired) electrons. The third-order valence-electron chi connectivity index (χ3n) is 3.97. The van der Waals surface area contributed by atoms with Gasteiger partial charge in [-0.05, 0) is 31.4 Å². The molecule has 114 valence electrons. The number of amides is 2. The van der Waals surface area contributed by atoms with Crippen LogP contribution in [0.3, 0.4) is 0 Å². The summed E-state index contributed by atoms with van der Waals surface area (Å²) in [5.74, 6) is 0.729. The van der Waals surface area contributed by atoms with Crippen molar-refractivity contribution in [3.05, 3.63) is 29.8 Å². The highest BCUT2D eigenvalue weighted by atomic mass is 16.5. The zero-order valence-corrected chi connectivity index (χ0v) is 12.8. The van der Waals surface area contributed by atoms with Crippen molar-refractivity contribution in [2.45, 2.75) is 38.8 Å². The number of carbonyl (C=O) groups is 2. The number of hydrogen-bond donors (Lipinski definition) is 1. The van der Waals surface area contributed by atoms with Crippen LogP contribution in [0.1, 0.15) is 25.8 Å². The smallest absolute Gasteiger partial charge is 0.245 e. The van der Waals surface area contributed by atoms with E-state index >= 15 is 0 Å². The monoisotopic (exact) mass is 290 g/mol. The van der Waals surface area contributed by atoms with Gasteiger partial charge in [-0.3, -0.25) is 9.59 Å². The molecule has 5 nitrogen and oxygen atoms in total. The van der Waals surface area contributed by atoms with Crippen LogP contribution in [0.4, 0.5) is 0 Å². The number of nitrogens with zero attached hydrogens (tertiary/aromatic N) is 1. The Morgan fingerprint density at radius 3 is 2.67 bits per heavy atom. The second-order valence-corrected chi connectivity index (χ2v) is 5.24. The lowest BCUT2D eigenvalue weighted by atomic mass is 10.0. The normalized spacial score (nSPS) is 22.1. The van der Waals surface area contributed by atoms with Gasteiger partial charge in [0.2, 0.25) is 11.8 Å². The number of nitrogens with one attached hydrogen (secondary N) is 1. The molecular formula is C16H22N2O3. The van der Waals surface area contributed by atoms with Crippen LogP contribution < -0.4 is 10.1 Å². The van der Waals surface area contributed by atoms with Crippen molar-refractivity contribution in [1.82, 2.24) is 10.2 Å². The lowest BCUT2D eigenvalue weighted by Crippen LogP contribution is -2.62. The zero-order chi connectivity index (χ0) is 15.4. The average Bonchev–Trinajstić information content (AvgIpc) is 2.51. The number of hydrogen-bond acceptors (Lipinski definition) is 3. The maximum absolute atomic E-state index is 12.4. The average molecular weight is 290 g/mol. The van der Waals surface area contributed by atoms with Gasteiger partial charge in [-0.1, -0.05) is 25.1 Å². The minimum Gasteiger partial charge on any atom is -0.496 e. The molecule has 0 bridgehead atoms. The van der Waals surface area contributed by atoms with Gasteiger partial charge in [0.05, 0.1) is 7.11 Å². The molecule has 2 rings (SSSR count). The lowest BCUT2D eigenvalue weighted by molar-refractivity contribution is -0.148. The first-order valence-electron chi connectivity index (χ1n) is 7.31. The second kappa shape index (κ2) is 6.61. The van der Waals surface area contributed by atoms with Crippen LogP contribution in [0, 0.1) is 0 Å². The molecule has 0 saturated carbocycles. The third kappa shape index (κ3) is 3.17. The molecule has 2 amide bonds. The van der Waals surface area contributed by atoms with Gasteiger partial charge in [-0.2, -0.15) is 0 Å². The summed E-state index contributed by atoms with van der Waals surface area (Å²) < 4.78 is 5.32.